The molecule has 28 heavy (non-hydrogen) atoms. The first-order valence-electron chi connectivity index (χ1n) is 8.42. The Morgan fingerprint density at radius 3 is 2.25 bits per heavy atom. The van der Waals surface area contributed by atoms with Crippen molar-refractivity contribution in [2.75, 3.05) is 5.32 Å². The van der Waals surface area contributed by atoms with Crippen LogP contribution in [0.2, 0.25) is 0 Å². The summed E-state index contributed by atoms with van der Waals surface area (Å²) in [5.74, 6) is -0.697. The van der Waals surface area contributed by atoms with Gasteiger partial charge in [0.2, 0.25) is 5.91 Å². The van der Waals surface area contributed by atoms with Crippen LogP contribution >= 0.6 is 0 Å². The van der Waals surface area contributed by atoms with Gasteiger partial charge in [-0.25, -0.2) is 4.79 Å². The van der Waals surface area contributed by atoms with Crippen LogP contribution in [0.25, 0.3) is 10.9 Å². The predicted molar refractivity (Wildman–Crippen MR) is 98.2 cm³/mol. The van der Waals surface area contributed by atoms with Crippen molar-refractivity contribution in [3.8, 4) is 0 Å². The second-order valence-electron chi connectivity index (χ2n) is 6.06. The van der Waals surface area contributed by atoms with E-state index in [1.807, 2.05) is 0 Å². The molecule has 6 nitrogen and oxygen atoms in total. The largest absolute Gasteiger partial charge is 0.416 e. The Bertz CT molecular complexity index is 1150. The highest BCUT2D eigenvalue weighted by molar-refractivity contribution is 5.90. The zero-order chi connectivity index (χ0) is 20.5. The summed E-state index contributed by atoms with van der Waals surface area (Å²) < 4.78 is 40.0. The molecule has 9 heteroatoms. The van der Waals surface area contributed by atoms with Gasteiger partial charge in [-0.15, -0.1) is 0 Å². The number of benzene rings is 2. The molecular formula is C19H16F3N3O3. The van der Waals surface area contributed by atoms with Crippen molar-refractivity contribution < 1.29 is 18.0 Å². The summed E-state index contributed by atoms with van der Waals surface area (Å²) in [6.45, 7) is 1.49. The predicted octanol–water partition coefficient (Wildman–Crippen LogP) is 2.84. The molecule has 0 unspecified atom stereocenters. The molecule has 3 rings (SSSR count). The van der Waals surface area contributed by atoms with E-state index in [1.54, 1.807) is 31.2 Å². The third-order valence-corrected chi connectivity index (χ3v) is 4.25. The number of aryl methyl sites for hydroxylation is 1. The zero-order valence-corrected chi connectivity index (χ0v) is 14.8. The van der Waals surface area contributed by atoms with Gasteiger partial charge in [0.1, 0.15) is 6.54 Å². The summed E-state index contributed by atoms with van der Waals surface area (Å²) in [6.07, 6.45) is -4.48. The zero-order valence-electron chi connectivity index (χ0n) is 14.8. The van der Waals surface area contributed by atoms with Crippen LogP contribution in [0.4, 0.5) is 18.9 Å². The average Bonchev–Trinajstić information content (AvgIpc) is 2.65. The molecule has 0 saturated carbocycles. The highest BCUT2D eigenvalue weighted by Crippen LogP contribution is 2.29. The van der Waals surface area contributed by atoms with Gasteiger partial charge in [0.15, 0.2) is 0 Å². The van der Waals surface area contributed by atoms with E-state index in [4.69, 9.17) is 0 Å². The Morgan fingerprint density at radius 1 is 1.00 bits per heavy atom. The number of anilines is 1. The molecule has 146 valence electrons. The lowest BCUT2D eigenvalue weighted by molar-refractivity contribution is -0.137. The van der Waals surface area contributed by atoms with Crippen molar-refractivity contribution in [3.05, 3.63) is 74.9 Å². The van der Waals surface area contributed by atoms with Crippen molar-refractivity contribution in [2.45, 2.75) is 26.2 Å². The first-order valence-corrected chi connectivity index (χ1v) is 8.42. The summed E-state index contributed by atoms with van der Waals surface area (Å²) in [6, 6.07) is 10.4. The number of carbonyl (C=O) groups is 1. The van der Waals surface area contributed by atoms with Crippen LogP contribution in [0.3, 0.4) is 0 Å². The van der Waals surface area contributed by atoms with Crippen LogP contribution in [0.1, 0.15) is 12.5 Å². The Hall–Kier alpha value is -3.36. The second kappa shape index (κ2) is 7.34. The molecule has 0 radical (unpaired) electrons. The third-order valence-electron chi connectivity index (χ3n) is 4.25. The van der Waals surface area contributed by atoms with Crippen LogP contribution < -0.4 is 16.6 Å². The van der Waals surface area contributed by atoms with Crippen LogP contribution in [-0.4, -0.2) is 15.0 Å². The summed E-state index contributed by atoms with van der Waals surface area (Å²) in [7, 11) is 0. The fourth-order valence-electron chi connectivity index (χ4n) is 2.90. The maximum Gasteiger partial charge on any atom is 0.416 e. The van der Waals surface area contributed by atoms with Gasteiger partial charge in [-0.1, -0.05) is 12.1 Å². The Labute approximate surface area is 156 Å². The molecule has 0 aliphatic heterocycles. The molecule has 1 aromatic heterocycles. The van der Waals surface area contributed by atoms with E-state index >= 15 is 0 Å². The van der Waals surface area contributed by atoms with Gasteiger partial charge >= 0.3 is 11.9 Å². The minimum Gasteiger partial charge on any atom is -0.325 e. The molecule has 0 aliphatic rings. The maximum absolute atomic E-state index is 12.6. The molecule has 1 N–H and O–H groups in total. The van der Waals surface area contributed by atoms with Gasteiger partial charge < -0.3 is 5.32 Å². The van der Waals surface area contributed by atoms with Crippen molar-refractivity contribution in [3.63, 3.8) is 0 Å². The number of para-hydroxylation sites is 1. The molecule has 2 aromatic carbocycles. The normalized spacial score (nSPS) is 11.6. The van der Waals surface area contributed by atoms with Crippen molar-refractivity contribution in [1.82, 2.24) is 9.13 Å². The number of carbonyl (C=O) groups excluding carboxylic acids is 1. The topological polar surface area (TPSA) is 73.1 Å². The minimum absolute atomic E-state index is 0.127. The van der Waals surface area contributed by atoms with Gasteiger partial charge in [-0.05, 0) is 43.3 Å². The van der Waals surface area contributed by atoms with E-state index in [1.165, 1.54) is 4.57 Å². The molecule has 0 fully saturated rings. The van der Waals surface area contributed by atoms with Gasteiger partial charge in [0.25, 0.3) is 5.56 Å². The van der Waals surface area contributed by atoms with Gasteiger partial charge in [-0.3, -0.25) is 18.7 Å². The Morgan fingerprint density at radius 2 is 1.64 bits per heavy atom. The summed E-state index contributed by atoms with van der Waals surface area (Å²) >= 11 is 0. The van der Waals surface area contributed by atoms with Gasteiger partial charge in [0, 0.05) is 12.2 Å². The lowest BCUT2D eigenvalue weighted by Crippen LogP contribution is -2.42. The maximum atomic E-state index is 12.6. The summed E-state index contributed by atoms with van der Waals surface area (Å²) in [5.41, 5.74) is -1.48. The smallest absolute Gasteiger partial charge is 0.325 e. The van der Waals surface area contributed by atoms with Gasteiger partial charge in [-0.2, -0.15) is 13.2 Å². The molecule has 0 atom stereocenters. The number of fused-ring (bicyclic) bond motifs is 1. The van der Waals surface area contributed by atoms with Crippen molar-refractivity contribution in [2.24, 2.45) is 0 Å². The van der Waals surface area contributed by atoms with Crippen LogP contribution in [-0.2, 0) is 24.1 Å². The standard InChI is InChI=1S/C19H16F3N3O3/c1-2-24-15-6-4-3-5-14(15)17(27)25(18(24)28)11-16(26)23-13-9-7-12(8-10-13)19(20,21)22/h3-10H,2,11H2,1H3,(H,23,26). The van der Waals surface area contributed by atoms with Gasteiger partial charge in [0.05, 0.1) is 16.5 Å². The van der Waals surface area contributed by atoms with E-state index in [0.29, 0.717) is 17.4 Å². The van der Waals surface area contributed by atoms with E-state index in [0.717, 1.165) is 28.8 Å². The quantitative estimate of drug-likeness (QED) is 0.743. The number of rotatable bonds is 4. The van der Waals surface area contributed by atoms with E-state index in [2.05, 4.69) is 5.32 Å². The number of halogens is 3. The van der Waals surface area contributed by atoms with Crippen LogP contribution in [0.15, 0.2) is 58.1 Å². The lowest BCUT2D eigenvalue weighted by Gasteiger charge is -2.13. The molecule has 0 aliphatic carbocycles. The number of aromatic nitrogens is 2. The van der Waals surface area contributed by atoms with Crippen LogP contribution in [0.5, 0.6) is 0 Å². The molecule has 1 heterocycles. The molecule has 0 saturated heterocycles. The molecule has 1 amide bonds. The molecule has 0 spiro atoms. The fraction of sp³-hybridized carbons (Fsp3) is 0.211. The second-order valence-corrected chi connectivity index (χ2v) is 6.06. The van der Waals surface area contributed by atoms with Crippen molar-refractivity contribution in [1.29, 1.82) is 0 Å². The van der Waals surface area contributed by atoms with E-state index in [9.17, 15) is 27.6 Å². The highest BCUT2D eigenvalue weighted by atomic mass is 19.4. The molecular weight excluding hydrogens is 375 g/mol. The van der Waals surface area contributed by atoms with E-state index in [-0.39, 0.29) is 5.69 Å². The monoisotopic (exact) mass is 391 g/mol. The highest BCUT2D eigenvalue weighted by Gasteiger charge is 2.30. The third kappa shape index (κ3) is 3.68. The summed E-state index contributed by atoms with van der Waals surface area (Å²) in [5, 5.41) is 2.69. The van der Waals surface area contributed by atoms with Crippen molar-refractivity contribution >= 4 is 22.5 Å². The number of amides is 1. The number of hydrogen-bond donors (Lipinski definition) is 1. The summed E-state index contributed by atoms with van der Waals surface area (Å²) in [4.78, 5) is 37.5. The molecule has 3 aromatic rings. The van der Waals surface area contributed by atoms with E-state index < -0.39 is 35.4 Å². The van der Waals surface area contributed by atoms with Crippen LogP contribution in [0, 0.1) is 0 Å². The number of hydrogen-bond acceptors (Lipinski definition) is 3. The fourth-order valence-corrected chi connectivity index (χ4v) is 2.90. The Balaban J connectivity index is 1.89. The number of nitrogens with zero attached hydrogens (tertiary/aromatic N) is 2. The first kappa shape index (κ1) is 19.4. The SMILES string of the molecule is CCn1c(=O)n(CC(=O)Nc2ccc(C(F)(F)F)cc2)c(=O)c2ccccc21. The number of alkyl halides is 3. The lowest BCUT2D eigenvalue weighted by atomic mass is 10.2. The average molecular weight is 391 g/mol. The minimum atomic E-state index is -4.48. The number of nitrogens with one attached hydrogen (secondary N) is 1. The first-order chi connectivity index (χ1) is 13.2. The molecule has 0 bridgehead atoms. The Kier molecular flexibility index (Phi) is 5.08.